The molecule has 0 aliphatic carbocycles. The Morgan fingerprint density at radius 2 is 1.96 bits per heavy atom. The van der Waals surface area contributed by atoms with E-state index in [1.807, 2.05) is 0 Å². The highest BCUT2D eigenvalue weighted by molar-refractivity contribution is 6.39. The van der Waals surface area contributed by atoms with Crippen molar-refractivity contribution in [3.63, 3.8) is 0 Å². The summed E-state index contributed by atoms with van der Waals surface area (Å²) in [7, 11) is 0. The van der Waals surface area contributed by atoms with Gasteiger partial charge < -0.3 is 15.2 Å². The van der Waals surface area contributed by atoms with Crippen molar-refractivity contribution >= 4 is 34.9 Å². The molecule has 1 heterocycles. The number of anilines is 1. The molecule has 1 aromatic heterocycles. The summed E-state index contributed by atoms with van der Waals surface area (Å²) < 4.78 is 37.0. The quantitative estimate of drug-likeness (QED) is 0.635. The van der Waals surface area contributed by atoms with E-state index in [9.17, 15) is 13.6 Å². The Kier molecular flexibility index (Phi) is 5.80. The van der Waals surface area contributed by atoms with Gasteiger partial charge in [-0.05, 0) is 13.0 Å². The van der Waals surface area contributed by atoms with Crippen molar-refractivity contribution < 1.29 is 23.0 Å². The van der Waals surface area contributed by atoms with Crippen LogP contribution in [0.4, 0.5) is 14.5 Å². The SMILES string of the molecule is C[C@@H](Oc1nc(F)c(Cl)c(N)c1Cl)C(=O)OCc1ccccc1F. The summed E-state index contributed by atoms with van der Waals surface area (Å²) in [6.07, 6.45) is -1.18. The maximum atomic E-state index is 13.5. The molecule has 0 amide bonds. The number of nitrogens with zero attached hydrogens (tertiary/aromatic N) is 1. The molecule has 1 atom stereocenters. The van der Waals surface area contributed by atoms with E-state index < -0.39 is 34.7 Å². The second-order valence-electron chi connectivity index (χ2n) is 4.71. The van der Waals surface area contributed by atoms with E-state index in [1.54, 1.807) is 6.07 Å². The molecular weight excluding hydrogens is 365 g/mol. The molecule has 0 fully saturated rings. The Labute approximate surface area is 146 Å². The van der Waals surface area contributed by atoms with Gasteiger partial charge in [0.15, 0.2) is 6.10 Å². The topological polar surface area (TPSA) is 74.4 Å². The maximum Gasteiger partial charge on any atom is 0.347 e. The van der Waals surface area contributed by atoms with Crippen LogP contribution < -0.4 is 10.5 Å². The first-order valence-corrected chi connectivity index (χ1v) is 7.43. The number of esters is 1. The van der Waals surface area contributed by atoms with Crippen LogP contribution in [0.25, 0.3) is 0 Å². The molecule has 0 radical (unpaired) electrons. The van der Waals surface area contributed by atoms with Gasteiger partial charge >= 0.3 is 5.97 Å². The molecule has 0 spiro atoms. The first-order valence-electron chi connectivity index (χ1n) is 6.68. The molecule has 0 saturated heterocycles. The lowest BCUT2D eigenvalue weighted by atomic mass is 10.2. The fraction of sp³-hybridized carbons (Fsp3) is 0.200. The Bertz CT molecular complexity index is 775. The van der Waals surface area contributed by atoms with E-state index in [1.165, 1.54) is 25.1 Å². The minimum absolute atomic E-state index is 0.205. The molecule has 9 heteroatoms. The van der Waals surface area contributed by atoms with Crippen molar-refractivity contribution in [2.24, 2.45) is 0 Å². The smallest absolute Gasteiger partial charge is 0.347 e. The number of carbonyl (C=O) groups excluding carboxylic acids is 1. The van der Waals surface area contributed by atoms with Gasteiger partial charge in [0.2, 0.25) is 11.8 Å². The van der Waals surface area contributed by atoms with Crippen LogP contribution in [-0.4, -0.2) is 17.1 Å². The molecule has 0 aliphatic rings. The number of nitrogens with two attached hydrogens (primary N) is 1. The first-order chi connectivity index (χ1) is 11.3. The summed E-state index contributed by atoms with van der Waals surface area (Å²) in [6.45, 7) is 1.06. The molecule has 2 N–H and O–H groups in total. The third kappa shape index (κ3) is 4.04. The van der Waals surface area contributed by atoms with Gasteiger partial charge in [-0.25, -0.2) is 9.18 Å². The van der Waals surface area contributed by atoms with Crippen molar-refractivity contribution in [2.45, 2.75) is 19.6 Å². The molecule has 0 saturated carbocycles. The third-order valence-electron chi connectivity index (χ3n) is 2.99. The van der Waals surface area contributed by atoms with E-state index in [-0.39, 0.29) is 22.9 Å². The highest BCUT2D eigenvalue weighted by atomic mass is 35.5. The predicted octanol–water partition coefficient (Wildman–Crippen LogP) is 3.76. The third-order valence-corrected chi connectivity index (χ3v) is 3.71. The normalized spacial score (nSPS) is 11.9. The van der Waals surface area contributed by atoms with Gasteiger partial charge in [0.1, 0.15) is 22.5 Å². The highest BCUT2D eigenvalue weighted by Crippen LogP contribution is 2.35. The number of hydrogen-bond donors (Lipinski definition) is 1. The lowest BCUT2D eigenvalue weighted by molar-refractivity contribution is -0.152. The monoisotopic (exact) mass is 376 g/mol. The van der Waals surface area contributed by atoms with E-state index >= 15 is 0 Å². The number of hydrogen-bond acceptors (Lipinski definition) is 5. The number of nitrogen functional groups attached to an aromatic ring is 1. The van der Waals surface area contributed by atoms with Crippen LogP contribution in [0.2, 0.25) is 10.0 Å². The average molecular weight is 377 g/mol. The Balaban J connectivity index is 2.03. The van der Waals surface area contributed by atoms with Gasteiger partial charge in [-0.15, -0.1) is 0 Å². The largest absolute Gasteiger partial charge is 0.461 e. The van der Waals surface area contributed by atoms with Gasteiger partial charge in [0.25, 0.3) is 0 Å². The van der Waals surface area contributed by atoms with Gasteiger partial charge in [0.05, 0.1) is 5.69 Å². The molecule has 5 nitrogen and oxygen atoms in total. The predicted molar refractivity (Wildman–Crippen MR) is 84.9 cm³/mol. The Morgan fingerprint density at radius 1 is 1.29 bits per heavy atom. The number of aromatic nitrogens is 1. The minimum atomic E-state index is -1.18. The van der Waals surface area contributed by atoms with Crippen LogP contribution >= 0.6 is 23.2 Å². The molecule has 0 bridgehead atoms. The number of carbonyl (C=O) groups is 1. The molecule has 0 unspecified atom stereocenters. The summed E-state index contributed by atoms with van der Waals surface area (Å²) in [5, 5.41) is -0.669. The Morgan fingerprint density at radius 3 is 2.62 bits per heavy atom. The number of pyridine rings is 1. The number of ether oxygens (including phenoxy) is 2. The zero-order valence-corrected chi connectivity index (χ0v) is 13.9. The summed E-state index contributed by atoms with van der Waals surface area (Å²) in [6, 6.07) is 5.84. The molecule has 2 aromatic rings. The highest BCUT2D eigenvalue weighted by Gasteiger charge is 2.22. The number of benzene rings is 1. The summed E-state index contributed by atoms with van der Waals surface area (Å²) in [4.78, 5) is 15.3. The summed E-state index contributed by atoms with van der Waals surface area (Å²) >= 11 is 11.4. The van der Waals surface area contributed by atoms with E-state index in [4.69, 9.17) is 38.4 Å². The van der Waals surface area contributed by atoms with Gasteiger partial charge in [-0.3, -0.25) is 0 Å². The molecule has 128 valence electrons. The summed E-state index contributed by atoms with van der Waals surface area (Å²) in [5.41, 5.74) is 5.45. The van der Waals surface area contributed by atoms with Gasteiger partial charge in [-0.1, -0.05) is 41.4 Å². The number of halogens is 4. The molecule has 0 aliphatic heterocycles. The zero-order valence-electron chi connectivity index (χ0n) is 12.4. The van der Waals surface area contributed by atoms with Crippen LogP contribution in [0.3, 0.4) is 0 Å². The van der Waals surface area contributed by atoms with Gasteiger partial charge in [0, 0.05) is 5.56 Å². The van der Waals surface area contributed by atoms with E-state index in [0.29, 0.717) is 0 Å². The lowest BCUT2D eigenvalue weighted by Gasteiger charge is -2.15. The van der Waals surface area contributed by atoms with Crippen LogP contribution in [0.5, 0.6) is 5.88 Å². The average Bonchev–Trinajstić information content (AvgIpc) is 2.56. The van der Waals surface area contributed by atoms with Crippen molar-refractivity contribution in [3.8, 4) is 5.88 Å². The minimum Gasteiger partial charge on any atom is -0.461 e. The first kappa shape index (κ1) is 18.2. The fourth-order valence-corrected chi connectivity index (χ4v) is 2.05. The lowest BCUT2D eigenvalue weighted by Crippen LogP contribution is -2.27. The van der Waals surface area contributed by atoms with Crippen molar-refractivity contribution in [3.05, 3.63) is 51.6 Å². The van der Waals surface area contributed by atoms with Crippen LogP contribution in [0.15, 0.2) is 24.3 Å². The van der Waals surface area contributed by atoms with E-state index in [2.05, 4.69) is 4.98 Å². The van der Waals surface area contributed by atoms with Gasteiger partial charge in [-0.2, -0.15) is 9.37 Å². The fourth-order valence-electron chi connectivity index (χ4n) is 1.69. The second-order valence-corrected chi connectivity index (χ2v) is 5.46. The standard InChI is InChI=1S/C15H12Cl2F2N2O3/c1-7(15(22)23-6-8-4-2-3-5-9(8)18)24-14-11(17)12(20)10(16)13(19)21-14/h2-5,7H,6H2,1H3,(H2,20,21)/t7-/m1/s1. The number of rotatable bonds is 5. The molecule has 24 heavy (non-hydrogen) atoms. The maximum absolute atomic E-state index is 13.5. The Hall–Kier alpha value is -2.12. The molecular formula is C15H12Cl2F2N2O3. The van der Waals surface area contributed by atoms with Crippen LogP contribution in [0.1, 0.15) is 12.5 Å². The van der Waals surface area contributed by atoms with Crippen LogP contribution in [-0.2, 0) is 16.1 Å². The van der Waals surface area contributed by atoms with Crippen molar-refractivity contribution in [2.75, 3.05) is 5.73 Å². The van der Waals surface area contributed by atoms with E-state index in [0.717, 1.165) is 0 Å². The van der Waals surface area contributed by atoms with Crippen molar-refractivity contribution in [1.29, 1.82) is 0 Å². The molecule has 2 rings (SSSR count). The summed E-state index contributed by atoms with van der Waals surface area (Å²) in [5.74, 6) is -2.80. The van der Waals surface area contributed by atoms with Crippen LogP contribution in [0, 0.1) is 11.8 Å². The zero-order chi connectivity index (χ0) is 17.9. The second kappa shape index (κ2) is 7.63. The molecule has 1 aromatic carbocycles. The van der Waals surface area contributed by atoms with Crippen molar-refractivity contribution in [1.82, 2.24) is 4.98 Å².